The molecule has 0 atom stereocenters. The number of benzene rings is 8. The van der Waals surface area contributed by atoms with Crippen molar-refractivity contribution >= 4 is 69.5 Å². The fourth-order valence-electron chi connectivity index (χ4n) is 15.0. The lowest BCUT2D eigenvalue weighted by atomic mass is 9.91. The highest BCUT2D eigenvalue weighted by atomic mass is 127. The highest BCUT2D eigenvalue weighted by Gasteiger charge is 2.32. The highest BCUT2D eigenvalue weighted by Crippen LogP contribution is 2.40. The van der Waals surface area contributed by atoms with Gasteiger partial charge < -0.3 is 21.3 Å². The quantitative estimate of drug-likeness (QED) is 0.0257. The first-order valence-electron chi connectivity index (χ1n) is 40.4. The molecule has 0 radical (unpaired) electrons. The molecule has 16 rings (SSSR count). The summed E-state index contributed by atoms with van der Waals surface area (Å²) in [6, 6.07) is 39.0. The van der Waals surface area contributed by atoms with Crippen molar-refractivity contribution in [2.75, 3.05) is 21.3 Å². The van der Waals surface area contributed by atoms with Crippen LogP contribution < -0.4 is 21.3 Å². The molecule has 4 heterocycles. The largest absolute Gasteiger partial charge is 0.309 e. The molecule has 0 aliphatic heterocycles. The first-order chi connectivity index (χ1) is 58.8. The minimum absolute atomic E-state index is 0.0480. The molecule has 0 bridgehead atoms. The van der Waals surface area contributed by atoms with E-state index >= 15 is 0 Å². The zero-order chi connectivity index (χ0) is 87.8. The Hall–Kier alpha value is -12.1. The van der Waals surface area contributed by atoms with E-state index in [1.807, 2.05) is 70.2 Å². The zero-order valence-corrected chi connectivity index (χ0v) is 70.7. The lowest BCUT2D eigenvalue weighted by molar-refractivity contribution is -0.116. The Morgan fingerprint density at radius 1 is 0.325 bits per heavy atom. The van der Waals surface area contributed by atoms with Gasteiger partial charge in [0, 0.05) is 37.0 Å². The fourth-order valence-corrected chi connectivity index (χ4v) is 15.4. The van der Waals surface area contributed by atoms with Crippen molar-refractivity contribution in [3.05, 3.63) is 303 Å². The van der Waals surface area contributed by atoms with Crippen LogP contribution in [0, 0.1) is 91.2 Å². The van der Waals surface area contributed by atoms with E-state index in [-0.39, 0.29) is 65.1 Å². The van der Waals surface area contributed by atoms with E-state index in [2.05, 4.69) is 86.5 Å². The first kappa shape index (κ1) is 88.7. The van der Waals surface area contributed by atoms with Crippen LogP contribution >= 0.6 is 22.6 Å². The topological polar surface area (TPSA) is 220 Å². The maximum Gasteiger partial charge on any atom is 0.256 e. The third kappa shape index (κ3) is 21.7. The predicted octanol–water partition coefficient (Wildman–Crippen LogP) is 20.7. The van der Waals surface area contributed by atoms with Gasteiger partial charge in [-0.15, -0.1) is 0 Å². The molecule has 4 N–H and O–H groups in total. The van der Waals surface area contributed by atoms with Gasteiger partial charge in [-0.05, 0) is 266 Å². The van der Waals surface area contributed by atoms with E-state index in [0.717, 1.165) is 111 Å². The molecule has 0 spiro atoms. The lowest BCUT2D eigenvalue weighted by Gasteiger charge is -2.21. The summed E-state index contributed by atoms with van der Waals surface area (Å²) in [5.41, 5.74) is 16.1. The van der Waals surface area contributed by atoms with Gasteiger partial charge in [0.05, 0.1) is 87.6 Å². The molecule has 0 saturated heterocycles. The monoisotopic (exact) mass is 1790 g/mol. The Morgan fingerprint density at radius 3 is 0.967 bits per heavy atom. The van der Waals surface area contributed by atoms with Gasteiger partial charge in [0.1, 0.15) is 23.3 Å². The molecule has 0 unspecified atom stereocenters. The molecular weight excluding hydrogens is 1710 g/mol. The number of carbonyl (C=O) groups excluding carboxylic acids is 4. The van der Waals surface area contributed by atoms with Gasteiger partial charge in [-0.25, -0.2) is 88.2 Å². The molecule has 16 nitrogen and oxygen atoms in total. The SMILES string of the molecule is CC(C)Cc1nc2c(nc1NC(=O)Cc1c(F)c(F)c(F)c(F)c1F)CCc1cc(F)ccc1-2.CC(C)Cc1nc2c(nc1NC(=O)Cc1ccc(F)c(F)c1)CCc1cc(F)ccc1-2.CC(C)Cc1nc2c(nc1NC(=O)Cc1ccc(I)cc1)CCc1cc(F)ccc1-2.CC(C)Cc1nc2c(nc1NC(=O)c1ccccc1)CCc1cc(F)ccc1-2. The van der Waals surface area contributed by atoms with Crippen LogP contribution in [-0.2, 0) is 111 Å². The third-order valence-corrected chi connectivity index (χ3v) is 21.4. The molecule has 28 heteroatoms. The molecule has 4 aliphatic rings. The standard InChI is InChI=1S/C24H19F6N3O.C24H22F3N3O.C24H23FIN3O.C23H22FN3O/c1-10(2)7-16-24(32-15-6-3-11-8-12(25)4-5-13(11)23(15)31-16)33-17(34)9-14-18(26)20(28)22(30)21(29)19(14)27;1-13(2)9-21-24(30-22(31)11-14-3-7-18(26)19(27)10-14)29-20-8-4-15-12-16(25)5-6-17(15)23(20)28-21;1-14(2)11-21-24(29-22(30)12-15-3-7-18(26)8-4-15)28-20-10-5-16-13-17(25)6-9-19(16)23(20)27-21;1-14(2)12-20-22(27-23(28)15-6-4-3-5-7-15)26-19-11-8-16-13-17(24)9-10-18(16)21(19)25-20/h4-5,8,10H,3,6-7,9H2,1-2H3,(H,32,33,34);3,5-7,10,12-13H,4,8-9,11H2,1-2H3,(H,29,30,31);3-4,6-9,13-14H,5,10-12H2,1-2H3,(H,28,29,30);3-7,9-10,13-14H,8,11-12H2,1-2H3,(H,26,27,28). The van der Waals surface area contributed by atoms with Gasteiger partial charge in [0.25, 0.3) is 5.91 Å². The molecule has 0 fully saturated rings. The predicted molar refractivity (Wildman–Crippen MR) is 457 cm³/mol. The second-order valence-electron chi connectivity index (χ2n) is 32.3. The number of carbonyl (C=O) groups is 4. The molecule has 123 heavy (non-hydrogen) atoms. The van der Waals surface area contributed by atoms with Crippen LogP contribution in [0.5, 0.6) is 0 Å². The number of nitrogens with zero attached hydrogens (tertiary/aromatic N) is 8. The van der Waals surface area contributed by atoms with Gasteiger partial charge >= 0.3 is 0 Å². The summed E-state index contributed by atoms with van der Waals surface area (Å²) in [5.74, 6) is -12.8. The molecule has 12 aromatic rings. The Morgan fingerprint density at radius 2 is 0.634 bits per heavy atom. The number of halogens is 12. The molecule has 634 valence electrons. The van der Waals surface area contributed by atoms with Crippen molar-refractivity contribution in [3.63, 3.8) is 0 Å². The van der Waals surface area contributed by atoms with Gasteiger partial charge in [0.15, 0.2) is 58.2 Å². The minimum atomic E-state index is -2.29. The maximum atomic E-state index is 14.0. The summed E-state index contributed by atoms with van der Waals surface area (Å²) in [5, 5.41) is 11.1. The average molecular weight is 1800 g/mol. The number of rotatable bonds is 19. The van der Waals surface area contributed by atoms with Crippen LogP contribution in [-0.4, -0.2) is 63.5 Å². The van der Waals surface area contributed by atoms with Crippen molar-refractivity contribution in [3.8, 4) is 45.0 Å². The van der Waals surface area contributed by atoms with Crippen LogP contribution in [0.25, 0.3) is 45.0 Å². The summed E-state index contributed by atoms with van der Waals surface area (Å²) in [7, 11) is 0. The van der Waals surface area contributed by atoms with Crippen LogP contribution in [0.1, 0.15) is 150 Å². The number of nitrogens with one attached hydrogen (secondary N) is 4. The second-order valence-corrected chi connectivity index (χ2v) is 33.5. The Kier molecular flexibility index (Phi) is 28.1. The van der Waals surface area contributed by atoms with E-state index in [9.17, 15) is 67.5 Å². The van der Waals surface area contributed by atoms with Gasteiger partial charge in [0.2, 0.25) is 23.5 Å². The lowest BCUT2D eigenvalue weighted by Crippen LogP contribution is -2.22. The number of hydrogen-bond acceptors (Lipinski definition) is 12. The van der Waals surface area contributed by atoms with Crippen LogP contribution in [0.3, 0.4) is 0 Å². The highest BCUT2D eigenvalue weighted by molar-refractivity contribution is 14.1. The summed E-state index contributed by atoms with van der Waals surface area (Å²) in [6.07, 6.45) is 6.40. The number of aryl methyl sites for hydroxylation is 8. The summed E-state index contributed by atoms with van der Waals surface area (Å²) in [6.45, 7) is 16.3. The fraction of sp³-hybridized carbons (Fsp3) is 0.284. The molecule has 4 amide bonds. The third-order valence-electron chi connectivity index (χ3n) is 20.7. The minimum Gasteiger partial charge on any atom is -0.309 e. The van der Waals surface area contributed by atoms with E-state index in [1.54, 1.807) is 48.5 Å². The summed E-state index contributed by atoms with van der Waals surface area (Å²) in [4.78, 5) is 88.4. The van der Waals surface area contributed by atoms with Gasteiger partial charge in [-0.1, -0.05) is 91.8 Å². The van der Waals surface area contributed by atoms with Gasteiger partial charge in [-0.3, -0.25) is 19.2 Å². The molecule has 4 aliphatic carbocycles. The molecule has 8 aromatic carbocycles. The Bertz CT molecular complexity index is 6030. The van der Waals surface area contributed by atoms with E-state index < -0.39 is 58.6 Å². The average Bonchev–Trinajstić information content (AvgIpc) is 0.773. The number of fused-ring (bicyclic) bond motifs is 12. The van der Waals surface area contributed by atoms with E-state index in [1.165, 1.54) is 42.5 Å². The van der Waals surface area contributed by atoms with Crippen molar-refractivity contribution < 1.29 is 67.5 Å². The van der Waals surface area contributed by atoms with Crippen LogP contribution in [0.15, 0.2) is 146 Å². The first-order valence-corrected chi connectivity index (χ1v) is 41.5. The number of hydrogen-bond donors (Lipinski definition) is 4. The van der Waals surface area contributed by atoms with Gasteiger partial charge in [-0.2, -0.15) is 0 Å². The van der Waals surface area contributed by atoms with Crippen molar-refractivity contribution in [2.45, 2.75) is 152 Å². The van der Waals surface area contributed by atoms with Crippen LogP contribution in [0.4, 0.5) is 71.6 Å². The maximum absolute atomic E-state index is 14.0. The Labute approximate surface area is 717 Å². The van der Waals surface area contributed by atoms with Crippen molar-refractivity contribution in [1.82, 2.24) is 39.9 Å². The zero-order valence-electron chi connectivity index (χ0n) is 68.5. The smallest absolute Gasteiger partial charge is 0.256 e. The van der Waals surface area contributed by atoms with Crippen LogP contribution in [0.2, 0.25) is 0 Å². The molecule has 0 saturated carbocycles. The van der Waals surface area contributed by atoms with E-state index in [4.69, 9.17) is 24.9 Å². The number of amides is 4. The second kappa shape index (κ2) is 39.0. The number of anilines is 4. The van der Waals surface area contributed by atoms with Crippen molar-refractivity contribution in [1.29, 1.82) is 0 Å². The summed E-state index contributed by atoms with van der Waals surface area (Å²) >= 11 is 2.25. The molecule has 4 aromatic heterocycles. The normalized spacial score (nSPS) is 12.5. The molecular formula is C95H86F11IN12O4. The van der Waals surface area contributed by atoms with E-state index in [0.29, 0.717) is 147 Å². The Balaban J connectivity index is 0.000000141. The number of aromatic nitrogens is 8. The van der Waals surface area contributed by atoms with Crippen molar-refractivity contribution in [2.24, 2.45) is 23.7 Å². The summed E-state index contributed by atoms with van der Waals surface area (Å²) < 4.78 is 150.